The van der Waals surface area contributed by atoms with E-state index in [9.17, 15) is 19.7 Å². The Morgan fingerprint density at radius 1 is 1.05 bits per heavy atom. The summed E-state index contributed by atoms with van der Waals surface area (Å²) in [6.07, 6.45) is 12.5. The van der Waals surface area contributed by atoms with Crippen molar-refractivity contribution in [3.63, 3.8) is 0 Å². The molecule has 0 spiro atoms. The topological polar surface area (TPSA) is 87.0 Å². The molecule has 8 nitrogen and oxygen atoms in total. The van der Waals surface area contributed by atoms with Gasteiger partial charge >= 0.3 is 0 Å². The van der Waals surface area contributed by atoms with Crippen LogP contribution in [0.1, 0.15) is 63.0 Å². The van der Waals surface area contributed by atoms with Gasteiger partial charge in [0.05, 0.1) is 4.92 Å². The number of nitro groups is 1. The summed E-state index contributed by atoms with van der Waals surface area (Å²) in [5.74, 6) is 0.721. The molecular formula is C31H38N4O4. The van der Waals surface area contributed by atoms with Gasteiger partial charge in [-0.15, -0.1) is 0 Å². The van der Waals surface area contributed by atoms with Crippen LogP contribution in [0.15, 0.2) is 48.5 Å². The Hall–Kier alpha value is -3.52. The summed E-state index contributed by atoms with van der Waals surface area (Å²) in [6, 6.07) is 12.3. The van der Waals surface area contributed by atoms with Crippen LogP contribution in [0.5, 0.6) is 0 Å². The summed E-state index contributed by atoms with van der Waals surface area (Å²) < 4.78 is 0. The molecular weight excluding hydrogens is 492 g/mol. The van der Waals surface area contributed by atoms with Gasteiger partial charge in [-0.1, -0.05) is 43.9 Å². The summed E-state index contributed by atoms with van der Waals surface area (Å²) in [7, 11) is 0. The minimum atomic E-state index is -0.433. The Morgan fingerprint density at radius 3 is 2.54 bits per heavy atom. The highest BCUT2D eigenvalue weighted by molar-refractivity contribution is 6.05. The van der Waals surface area contributed by atoms with Crippen LogP contribution >= 0.6 is 0 Å². The first-order valence-electron chi connectivity index (χ1n) is 14.3. The van der Waals surface area contributed by atoms with Crippen molar-refractivity contribution in [1.29, 1.82) is 0 Å². The third kappa shape index (κ3) is 6.38. The van der Waals surface area contributed by atoms with Gasteiger partial charge in [0.15, 0.2) is 0 Å². The first-order chi connectivity index (χ1) is 18.9. The van der Waals surface area contributed by atoms with Crippen LogP contribution in [-0.2, 0) is 16.0 Å². The predicted octanol–water partition coefficient (Wildman–Crippen LogP) is 5.59. The minimum absolute atomic E-state index is 0.00455. The molecule has 1 saturated heterocycles. The summed E-state index contributed by atoms with van der Waals surface area (Å²) >= 11 is 0. The molecule has 1 saturated carbocycles. The molecule has 5 rings (SSSR count). The lowest BCUT2D eigenvalue weighted by atomic mass is 9.99. The number of fused-ring (bicyclic) bond motifs is 1. The zero-order valence-corrected chi connectivity index (χ0v) is 22.8. The maximum atomic E-state index is 13.7. The van der Waals surface area contributed by atoms with Crippen molar-refractivity contribution in [3.05, 3.63) is 69.8 Å². The molecule has 2 aromatic carbocycles. The van der Waals surface area contributed by atoms with E-state index in [0.29, 0.717) is 12.1 Å². The Kier molecular flexibility index (Phi) is 8.41. The highest BCUT2D eigenvalue weighted by Gasteiger charge is 2.31. The number of carbonyl (C=O) groups excluding carboxylic acids is 2. The molecule has 206 valence electrons. The molecule has 3 aliphatic rings. The predicted molar refractivity (Wildman–Crippen MR) is 154 cm³/mol. The number of hydrogen-bond acceptors (Lipinski definition) is 5. The number of likely N-dealkylation sites (tertiary alicyclic amines) is 1. The van der Waals surface area contributed by atoms with Crippen molar-refractivity contribution in [3.8, 4) is 0 Å². The molecule has 0 unspecified atom stereocenters. The third-order valence-corrected chi connectivity index (χ3v) is 8.61. The lowest BCUT2D eigenvalue weighted by molar-refractivity contribution is -0.384. The molecule has 2 amide bonds. The highest BCUT2D eigenvalue weighted by atomic mass is 16.6. The fourth-order valence-electron chi connectivity index (χ4n) is 6.42. The molecule has 0 aromatic heterocycles. The van der Waals surface area contributed by atoms with Gasteiger partial charge in [-0.05, 0) is 67.5 Å². The van der Waals surface area contributed by atoms with Gasteiger partial charge in [0, 0.05) is 62.2 Å². The number of nitrogens with zero attached hydrogens (tertiary/aromatic N) is 4. The Balaban J connectivity index is 1.35. The second kappa shape index (κ2) is 12.1. The maximum Gasteiger partial charge on any atom is 0.270 e. The van der Waals surface area contributed by atoms with E-state index in [1.807, 2.05) is 23.1 Å². The van der Waals surface area contributed by atoms with Crippen molar-refractivity contribution in [2.75, 3.05) is 36.0 Å². The van der Waals surface area contributed by atoms with Gasteiger partial charge in [-0.3, -0.25) is 19.7 Å². The lowest BCUT2D eigenvalue weighted by Gasteiger charge is -2.38. The number of carbonyl (C=O) groups is 2. The molecule has 2 heterocycles. The molecule has 0 atom stereocenters. The quantitative estimate of drug-likeness (QED) is 0.252. The van der Waals surface area contributed by atoms with Crippen LogP contribution in [0, 0.1) is 16.0 Å². The number of amides is 2. The molecule has 2 fully saturated rings. The monoisotopic (exact) mass is 530 g/mol. The molecule has 0 radical (unpaired) electrons. The lowest BCUT2D eigenvalue weighted by Crippen LogP contribution is -2.47. The van der Waals surface area contributed by atoms with E-state index >= 15 is 0 Å². The van der Waals surface area contributed by atoms with Crippen LogP contribution in [0.4, 0.5) is 17.1 Å². The zero-order chi connectivity index (χ0) is 27.4. The van der Waals surface area contributed by atoms with Crippen LogP contribution in [0.3, 0.4) is 0 Å². The fourth-order valence-corrected chi connectivity index (χ4v) is 6.42. The average molecular weight is 531 g/mol. The van der Waals surface area contributed by atoms with Crippen molar-refractivity contribution in [2.24, 2.45) is 5.92 Å². The van der Waals surface area contributed by atoms with E-state index in [0.717, 1.165) is 61.8 Å². The molecule has 0 bridgehead atoms. The van der Waals surface area contributed by atoms with Crippen LogP contribution < -0.4 is 9.80 Å². The second-order valence-corrected chi connectivity index (χ2v) is 11.1. The molecule has 0 N–H and O–H groups in total. The SMILES string of the molecule is CC(=O)N1CCc2ccc(N(C(=O)C=Cc3cccc([N+](=O)[O-])c3)C3CCN(CCC4CCCC4)CC3)cc21. The minimum Gasteiger partial charge on any atom is -0.312 e. The third-order valence-electron chi connectivity index (χ3n) is 8.61. The smallest absolute Gasteiger partial charge is 0.270 e. The van der Waals surface area contributed by atoms with E-state index in [-0.39, 0.29) is 23.5 Å². The van der Waals surface area contributed by atoms with Crippen LogP contribution in [0.2, 0.25) is 0 Å². The molecule has 2 aliphatic heterocycles. The normalized spacial score (nSPS) is 18.5. The van der Waals surface area contributed by atoms with E-state index in [2.05, 4.69) is 4.90 Å². The van der Waals surface area contributed by atoms with Gasteiger partial charge in [0.1, 0.15) is 0 Å². The molecule has 39 heavy (non-hydrogen) atoms. The highest BCUT2D eigenvalue weighted by Crippen LogP contribution is 2.35. The number of nitro benzene ring substituents is 1. The average Bonchev–Trinajstić information content (AvgIpc) is 3.62. The fraction of sp³-hybridized carbons (Fsp3) is 0.484. The molecule has 1 aliphatic carbocycles. The Labute approximate surface area is 230 Å². The van der Waals surface area contributed by atoms with Gasteiger partial charge in [-0.2, -0.15) is 0 Å². The van der Waals surface area contributed by atoms with Crippen LogP contribution in [0.25, 0.3) is 6.08 Å². The zero-order valence-electron chi connectivity index (χ0n) is 22.8. The maximum absolute atomic E-state index is 13.7. The summed E-state index contributed by atoms with van der Waals surface area (Å²) in [5.41, 5.74) is 3.40. The number of hydrogen-bond donors (Lipinski definition) is 0. The first kappa shape index (κ1) is 27.1. The number of benzene rings is 2. The number of rotatable bonds is 8. The number of anilines is 2. The van der Waals surface area contributed by atoms with Crippen molar-refractivity contribution < 1.29 is 14.5 Å². The van der Waals surface area contributed by atoms with Crippen molar-refractivity contribution in [2.45, 2.75) is 64.3 Å². The molecule has 8 heteroatoms. The summed E-state index contributed by atoms with van der Waals surface area (Å²) in [6.45, 7) is 5.28. The number of non-ortho nitro benzene ring substituents is 1. The summed E-state index contributed by atoms with van der Waals surface area (Å²) in [5, 5.41) is 11.2. The second-order valence-electron chi connectivity index (χ2n) is 11.1. The van der Waals surface area contributed by atoms with E-state index < -0.39 is 4.92 Å². The summed E-state index contributed by atoms with van der Waals surface area (Å²) in [4.78, 5) is 42.9. The molecule has 2 aromatic rings. The van der Waals surface area contributed by atoms with E-state index in [1.165, 1.54) is 50.3 Å². The van der Waals surface area contributed by atoms with Crippen molar-refractivity contribution >= 4 is 35.0 Å². The van der Waals surface area contributed by atoms with Gasteiger partial charge in [0.2, 0.25) is 5.91 Å². The van der Waals surface area contributed by atoms with E-state index in [1.54, 1.807) is 30.0 Å². The standard InChI is InChI=1S/C31H38N4O4/c1-23(36)33-20-14-26-10-11-28(22-30(26)33)34(31(37)12-9-25-7-4-8-29(21-25)35(38)39)27-15-18-32(19-16-27)17-13-24-5-2-3-6-24/h4,7-12,21-22,24,27H,2-3,5-6,13-20H2,1H3. The first-order valence-corrected chi connectivity index (χ1v) is 14.3. The Morgan fingerprint density at radius 2 is 1.82 bits per heavy atom. The van der Waals surface area contributed by atoms with Crippen LogP contribution in [-0.4, -0.2) is 53.9 Å². The van der Waals surface area contributed by atoms with Gasteiger partial charge in [0.25, 0.3) is 11.6 Å². The van der Waals surface area contributed by atoms with Gasteiger partial charge < -0.3 is 14.7 Å². The van der Waals surface area contributed by atoms with E-state index in [4.69, 9.17) is 0 Å². The van der Waals surface area contributed by atoms with Gasteiger partial charge in [-0.25, -0.2) is 0 Å². The Bertz CT molecular complexity index is 1240. The number of piperidine rings is 1. The van der Waals surface area contributed by atoms with Crippen molar-refractivity contribution in [1.82, 2.24) is 4.90 Å². The largest absolute Gasteiger partial charge is 0.312 e.